The number of rotatable bonds is 5. The van der Waals surface area contributed by atoms with Crippen LogP contribution in [0.25, 0.3) is 0 Å². The van der Waals surface area contributed by atoms with Gasteiger partial charge in [0.2, 0.25) is 5.91 Å². The van der Waals surface area contributed by atoms with Gasteiger partial charge in [-0.05, 0) is 50.9 Å². The Morgan fingerprint density at radius 2 is 2.00 bits per heavy atom. The summed E-state index contributed by atoms with van der Waals surface area (Å²) in [5.74, 6) is 0.0519. The van der Waals surface area contributed by atoms with Gasteiger partial charge in [0.25, 0.3) is 0 Å². The molecule has 0 radical (unpaired) electrons. The molecule has 6 heteroatoms. The van der Waals surface area contributed by atoms with E-state index in [9.17, 15) is 9.59 Å². The minimum absolute atomic E-state index is 0.0519. The van der Waals surface area contributed by atoms with Gasteiger partial charge in [0.15, 0.2) is 0 Å². The van der Waals surface area contributed by atoms with Crippen molar-refractivity contribution >= 4 is 17.6 Å². The van der Waals surface area contributed by atoms with Crippen molar-refractivity contribution in [3.63, 3.8) is 0 Å². The normalized spacial score (nSPS) is 17.3. The first-order valence-electron chi connectivity index (χ1n) is 7.72. The molecule has 0 spiro atoms. The molecule has 2 rings (SSSR count). The third kappa shape index (κ3) is 5.04. The molecule has 3 amide bonds. The van der Waals surface area contributed by atoms with Gasteiger partial charge < -0.3 is 21.3 Å². The zero-order valence-corrected chi connectivity index (χ0v) is 13.1. The van der Waals surface area contributed by atoms with E-state index in [1.165, 1.54) is 0 Å². The van der Waals surface area contributed by atoms with Crippen LogP contribution in [0.3, 0.4) is 0 Å². The molecule has 1 heterocycles. The highest BCUT2D eigenvalue weighted by molar-refractivity contribution is 5.89. The van der Waals surface area contributed by atoms with Crippen LogP contribution in [-0.4, -0.2) is 30.6 Å². The molecule has 1 unspecified atom stereocenters. The minimum atomic E-state index is -0.219. The topological polar surface area (TPSA) is 82.3 Å². The lowest BCUT2D eigenvalue weighted by Gasteiger charge is -2.12. The van der Waals surface area contributed by atoms with Gasteiger partial charge in [-0.2, -0.15) is 0 Å². The van der Waals surface area contributed by atoms with Gasteiger partial charge in [-0.3, -0.25) is 4.79 Å². The van der Waals surface area contributed by atoms with Crippen molar-refractivity contribution in [1.29, 1.82) is 0 Å². The molecule has 0 aromatic heterocycles. The molecule has 1 atom stereocenters. The minimum Gasteiger partial charge on any atom is -0.351 e. The fourth-order valence-electron chi connectivity index (χ4n) is 2.36. The van der Waals surface area contributed by atoms with E-state index >= 15 is 0 Å². The van der Waals surface area contributed by atoms with Crippen LogP contribution in [0.15, 0.2) is 24.3 Å². The Bertz CT molecular complexity index is 507. The molecule has 1 saturated heterocycles. The smallest absolute Gasteiger partial charge is 0.319 e. The van der Waals surface area contributed by atoms with E-state index in [4.69, 9.17) is 0 Å². The second-order valence-corrected chi connectivity index (χ2v) is 5.82. The number of anilines is 1. The Kier molecular flexibility index (Phi) is 5.77. The van der Waals surface area contributed by atoms with Gasteiger partial charge in [-0.25, -0.2) is 4.79 Å². The number of urea groups is 1. The van der Waals surface area contributed by atoms with Crippen molar-refractivity contribution in [2.75, 3.05) is 11.9 Å². The molecule has 6 nitrogen and oxygen atoms in total. The van der Waals surface area contributed by atoms with Crippen LogP contribution in [0.4, 0.5) is 10.5 Å². The predicted molar refractivity (Wildman–Crippen MR) is 86.6 cm³/mol. The van der Waals surface area contributed by atoms with Crippen molar-refractivity contribution in [3.05, 3.63) is 29.8 Å². The lowest BCUT2D eigenvalue weighted by Crippen LogP contribution is -2.39. The van der Waals surface area contributed by atoms with E-state index in [0.29, 0.717) is 6.54 Å². The zero-order chi connectivity index (χ0) is 15.9. The standard InChI is InChI=1S/C16H24N4O2/c1-11(2)19-16(22)20-13-7-5-12(6-8-13)10-18-15(21)14-4-3-9-17-14/h5-8,11,14,17H,3-4,9-10H2,1-2H3,(H,18,21)(H2,19,20,22). The SMILES string of the molecule is CC(C)NC(=O)Nc1ccc(CNC(=O)C2CCCN2)cc1. The van der Waals surface area contributed by atoms with Crippen LogP contribution < -0.4 is 21.3 Å². The molecule has 0 bridgehead atoms. The number of hydrogen-bond acceptors (Lipinski definition) is 3. The maximum Gasteiger partial charge on any atom is 0.319 e. The highest BCUT2D eigenvalue weighted by atomic mass is 16.2. The molecule has 0 aliphatic carbocycles. The van der Waals surface area contributed by atoms with Gasteiger partial charge in [-0.1, -0.05) is 12.1 Å². The molecule has 4 N–H and O–H groups in total. The molecular weight excluding hydrogens is 280 g/mol. The lowest BCUT2D eigenvalue weighted by molar-refractivity contribution is -0.122. The summed E-state index contributed by atoms with van der Waals surface area (Å²) in [6, 6.07) is 7.27. The van der Waals surface area contributed by atoms with E-state index in [1.807, 2.05) is 38.1 Å². The fourth-order valence-corrected chi connectivity index (χ4v) is 2.36. The first-order valence-corrected chi connectivity index (χ1v) is 7.72. The molecule has 120 valence electrons. The van der Waals surface area contributed by atoms with Crippen LogP contribution in [0.2, 0.25) is 0 Å². The zero-order valence-electron chi connectivity index (χ0n) is 13.1. The molecule has 1 fully saturated rings. The van der Waals surface area contributed by atoms with Crippen molar-refractivity contribution in [3.8, 4) is 0 Å². The monoisotopic (exact) mass is 304 g/mol. The molecule has 0 saturated carbocycles. The van der Waals surface area contributed by atoms with Crippen molar-refractivity contribution in [2.45, 2.75) is 45.3 Å². The first-order chi connectivity index (χ1) is 10.5. The Balaban J connectivity index is 1.78. The molecule has 1 aromatic rings. The van der Waals surface area contributed by atoms with Crippen LogP contribution in [0.5, 0.6) is 0 Å². The summed E-state index contributed by atoms with van der Waals surface area (Å²) in [6.07, 6.45) is 1.95. The predicted octanol–water partition coefficient (Wildman–Crippen LogP) is 1.58. The van der Waals surface area contributed by atoms with Crippen LogP contribution in [-0.2, 0) is 11.3 Å². The quantitative estimate of drug-likeness (QED) is 0.666. The van der Waals surface area contributed by atoms with Gasteiger partial charge >= 0.3 is 6.03 Å². The van der Waals surface area contributed by atoms with E-state index in [0.717, 1.165) is 30.6 Å². The van der Waals surface area contributed by atoms with Crippen LogP contribution in [0.1, 0.15) is 32.3 Å². The second kappa shape index (κ2) is 7.79. The first kappa shape index (κ1) is 16.3. The number of nitrogens with one attached hydrogen (secondary N) is 4. The Morgan fingerprint density at radius 1 is 1.27 bits per heavy atom. The van der Waals surface area contributed by atoms with Crippen molar-refractivity contribution < 1.29 is 9.59 Å². The van der Waals surface area contributed by atoms with Crippen molar-refractivity contribution in [2.24, 2.45) is 0 Å². The van der Waals surface area contributed by atoms with Crippen molar-refractivity contribution in [1.82, 2.24) is 16.0 Å². The largest absolute Gasteiger partial charge is 0.351 e. The molecule has 1 aliphatic rings. The number of hydrogen-bond donors (Lipinski definition) is 4. The summed E-state index contributed by atoms with van der Waals surface area (Å²) in [6.45, 7) is 5.22. The molecule has 1 aromatic carbocycles. The number of benzene rings is 1. The van der Waals surface area contributed by atoms with Gasteiger partial charge in [0.1, 0.15) is 0 Å². The second-order valence-electron chi connectivity index (χ2n) is 5.82. The maximum atomic E-state index is 11.9. The molecule has 1 aliphatic heterocycles. The Hall–Kier alpha value is -2.08. The van der Waals surface area contributed by atoms with E-state index < -0.39 is 0 Å². The summed E-state index contributed by atoms with van der Waals surface area (Å²) in [4.78, 5) is 23.5. The van der Waals surface area contributed by atoms with Gasteiger partial charge in [0, 0.05) is 18.3 Å². The van der Waals surface area contributed by atoms with Gasteiger partial charge in [-0.15, -0.1) is 0 Å². The summed E-state index contributed by atoms with van der Waals surface area (Å²) < 4.78 is 0. The van der Waals surface area contributed by atoms with E-state index in [-0.39, 0.29) is 24.0 Å². The van der Waals surface area contributed by atoms with Crippen LogP contribution in [0, 0.1) is 0 Å². The summed E-state index contributed by atoms with van der Waals surface area (Å²) in [5, 5.41) is 11.6. The number of carbonyl (C=O) groups is 2. The average Bonchev–Trinajstić information content (AvgIpc) is 2.99. The highest BCUT2D eigenvalue weighted by Crippen LogP contribution is 2.10. The van der Waals surface area contributed by atoms with E-state index in [2.05, 4.69) is 21.3 Å². The van der Waals surface area contributed by atoms with E-state index in [1.54, 1.807) is 0 Å². The Morgan fingerprint density at radius 3 is 2.59 bits per heavy atom. The molecular formula is C16H24N4O2. The third-order valence-electron chi connectivity index (χ3n) is 3.48. The van der Waals surface area contributed by atoms with Crippen LogP contribution >= 0.6 is 0 Å². The lowest BCUT2D eigenvalue weighted by atomic mass is 10.2. The maximum absolute atomic E-state index is 11.9. The fraction of sp³-hybridized carbons (Fsp3) is 0.500. The summed E-state index contributed by atoms with van der Waals surface area (Å²) >= 11 is 0. The summed E-state index contributed by atoms with van der Waals surface area (Å²) in [7, 11) is 0. The Labute approximate surface area is 131 Å². The number of amides is 3. The average molecular weight is 304 g/mol. The van der Waals surface area contributed by atoms with Gasteiger partial charge in [0.05, 0.1) is 6.04 Å². The number of carbonyl (C=O) groups excluding carboxylic acids is 2. The third-order valence-corrected chi connectivity index (χ3v) is 3.48. The molecule has 22 heavy (non-hydrogen) atoms. The highest BCUT2D eigenvalue weighted by Gasteiger charge is 2.21. The summed E-state index contributed by atoms with van der Waals surface area (Å²) in [5.41, 5.74) is 1.73.